The number of benzene rings is 4. The Morgan fingerprint density at radius 1 is 0.722 bits per heavy atom. The first kappa shape index (κ1) is 28.5. The van der Waals surface area contributed by atoms with Gasteiger partial charge in [-0.15, -0.1) is 0 Å². The minimum absolute atomic E-state index is 0.407. The number of nitrogens with two attached hydrogens (primary N) is 2. The van der Waals surface area contributed by atoms with E-state index in [4.69, 9.17) is 10.5 Å². The molecular formula is C32H38N2O2. The van der Waals surface area contributed by atoms with Gasteiger partial charge in [0.2, 0.25) is 0 Å². The summed E-state index contributed by atoms with van der Waals surface area (Å²) in [6.45, 7) is 2.28. The first-order valence-electron chi connectivity index (χ1n) is 12.2. The molecule has 2 atom stereocenters. The molecule has 0 saturated heterocycles. The number of hydrogen-bond donors (Lipinski definition) is 2. The molecule has 0 spiro atoms. The Labute approximate surface area is 215 Å². The number of esters is 1. The molecule has 0 radical (unpaired) electrons. The first-order chi connectivity index (χ1) is 17.5. The Balaban J connectivity index is 0.000000243. The van der Waals surface area contributed by atoms with Crippen LogP contribution in [-0.4, -0.2) is 20.1 Å². The summed E-state index contributed by atoms with van der Waals surface area (Å²) < 4.78 is 4.88. The van der Waals surface area contributed by atoms with E-state index in [0.29, 0.717) is 12.3 Å². The van der Waals surface area contributed by atoms with E-state index >= 15 is 0 Å². The van der Waals surface area contributed by atoms with Gasteiger partial charge in [-0.05, 0) is 41.6 Å². The van der Waals surface area contributed by atoms with Crippen molar-refractivity contribution in [2.45, 2.75) is 31.2 Å². The zero-order valence-corrected chi connectivity index (χ0v) is 21.5. The van der Waals surface area contributed by atoms with E-state index in [1.165, 1.54) is 25.3 Å². The molecule has 36 heavy (non-hydrogen) atoms. The molecule has 0 heterocycles. The van der Waals surface area contributed by atoms with Gasteiger partial charge >= 0.3 is 5.97 Å². The van der Waals surface area contributed by atoms with Gasteiger partial charge in [-0.3, -0.25) is 0 Å². The number of hydrogen-bond acceptors (Lipinski definition) is 4. The highest BCUT2D eigenvalue weighted by atomic mass is 16.5. The molecule has 4 aromatic carbocycles. The van der Waals surface area contributed by atoms with Gasteiger partial charge in [0.25, 0.3) is 0 Å². The summed E-state index contributed by atoms with van der Waals surface area (Å²) in [6.07, 6.45) is 1.52. The van der Waals surface area contributed by atoms with Crippen LogP contribution in [-0.2, 0) is 27.9 Å². The van der Waals surface area contributed by atoms with E-state index in [1.54, 1.807) is 0 Å². The van der Waals surface area contributed by atoms with Crippen LogP contribution in [0.3, 0.4) is 0 Å². The predicted octanol–water partition coefficient (Wildman–Crippen LogP) is 5.86. The quantitative estimate of drug-likeness (QED) is 0.323. The van der Waals surface area contributed by atoms with E-state index < -0.39 is 11.5 Å². The second-order valence-corrected chi connectivity index (χ2v) is 8.49. The smallest absolute Gasteiger partial charge is 0.330 e. The molecule has 4 rings (SSSR count). The maximum atomic E-state index is 12.1. The van der Waals surface area contributed by atoms with Crippen molar-refractivity contribution >= 4 is 5.97 Å². The van der Waals surface area contributed by atoms with E-state index in [2.05, 4.69) is 73.3 Å². The van der Waals surface area contributed by atoms with Crippen molar-refractivity contribution in [3.8, 4) is 0 Å². The molecule has 0 aliphatic heterocycles. The summed E-state index contributed by atoms with van der Waals surface area (Å²) in [4.78, 5) is 12.1. The molecule has 4 aromatic rings. The summed E-state index contributed by atoms with van der Waals surface area (Å²) in [5.41, 5.74) is 14.3. The van der Waals surface area contributed by atoms with Crippen LogP contribution < -0.4 is 11.5 Å². The van der Waals surface area contributed by atoms with Gasteiger partial charge in [-0.1, -0.05) is 128 Å². The van der Waals surface area contributed by atoms with Crippen molar-refractivity contribution in [2.24, 2.45) is 11.5 Å². The van der Waals surface area contributed by atoms with Crippen molar-refractivity contribution < 1.29 is 9.53 Å². The Morgan fingerprint density at radius 2 is 1.14 bits per heavy atom. The summed E-state index contributed by atoms with van der Waals surface area (Å²) in [5.74, 6) is 0.163. The molecule has 0 fully saturated rings. The van der Waals surface area contributed by atoms with Gasteiger partial charge in [0.15, 0.2) is 0 Å². The van der Waals surface area contributed by atoms with Crippen LogP contribution in [0.2, 0.25) is 0 Å². The van der Waals surface area contributed by atoms with Crippen LogP contribution in [0.5, 0.6) is 0 Å². The summed E-state index contributed by atoms with van der Waals surface area (Å²) in [7, 11) is 2.86. The lowest BCUT2D eigenvalue weighted by molar-refractivity contribution is -0.147. The topological polar surface area (TPSA) is 78.3 Å². The van der Waals surface area contributed by atoms with Crippen molar-refractivity contribution in [2.75, 3.05) is 14.2 Å². The minimum Gasteiger partial charge on any atom is -0.467 e. The van der Waals surface area contributed by atoms with Crippen LogP contribution in [0, 0.1) is 0 Å². The van der Waals surface area contributed by atoms with E-state index in [-0.39, 0.29) is 0 Å². The lowest BCUT2D eigenvalue weighted by Crippen LogP contribution is -2.47. The van der Waals surface area contributed by atoms with Crippen LogP contribution >= 0.6 is 0 Å². The molecule has 4 nitrogen and oxygen atoms in total. The molecule has 0 amide bonds. The van der Waals surface area contributed by atoms with Gasteiger partial charge in [0.1, 0.15) is 5.54 Å². The SMILES string of the molecule is CC(Cc1ccccc1)c1ccccc1.CN.COC(=O)C(N)(Cc1ccccc1)c1ccccc1. The van der Waals surface area contributed by atoms with Gasteiger partial charge in [0.05, 0.1) is 7.11 Å². The fraction of sp³-hybridized carbons (Fsp3) is 0.219. The highest BCUT2D eigenvalue weighted by Gasteiger charge is 2.37. The molecule has 0 aromatic heterocycles. The first-order valence-corrected chi connectivity index (χ1v) is 12.2. The molecule has 0 aliphatic rings. The maximum Gasteiger partial charge on any atom is 0.330 e. The van der Waals surface area contributed by atoms with Gasteiger partial charge in [-0.2, -0.15) is 0 Å². The Morgan fingerprint density at radius 3 is 1.61 bits per heavy atom. The van der Waals surface area contributed by atoms with E-state index in [0.717, 1.165) is 17.5 Å². The lowest BCUT2D eigenvalue weighted by atomic mass is 9.85. The molecule has 4 heteroatoms. The second-order valence-electron chi connectivity index (χ2n) is 8.49. The van der Waals surface area contributed by atoms with E-state index in [9.17, 15) is 4.79 Å². The van der Waals surface area contributed by atoms with Crippen molar-refractivity contribution in [1.82, 2.24) is 0 Å². The van der Waals surface area contributed by atoms with Gasteiger partial charge < -0.3 is 16.2 Å². The lowest BCUT2D eigenvalue weighted by Gasteiger charge is -2.27. The normalized spacial score (nSPS) is 12.5. The highest BCUT2D eigenvalue weighted by molar-refractivity contribution is 5.82. The molecular weight excluding hydrogens is 444 g/mol. The summed E-state index contributed by atoms with van der Waals surface area (Å²) in [5, 5.41) is 0. The van der Waals surface area contributed by atoms with E-state index in [1.807, 2.05) is 60.7 Å². The number of carbonyl (C=O) groups is 1. The molecule has 4 N–H and O–H groups in total. The van der Waals surface area contributed by atoms with Crippen LogP contribution in [0.4, 0.5) is 0 Å². The van der Waals surface area contributed by atoms with Crippen molar-refractivity contribution in [3.63, 3.8) is 0 Å². The molecule has 188 valence electrons. The zero-order valence-electron chi connectivity index (χ0n) is 21.5. The zero-order chi connectivity index (χ0) is 26.2. The van der Waals surface area contributed by atoms with Crippen LogP contribution in [0.25, 0.3) is 0 Å². The van der Waals surface area contributed by atoms with Gasteiger partial charge in [-0.25, -0.2) is 4.79 Å². The largest absolute Gasteiger partial charge is 0.467 e. The van der Waals surface area contributed by atoms with Crippen LogP contribution in [0.1, 0.15) is 35.1 Å². The number of methoxy groups -OCH3 is 1. The highest BCUT2D eigenvalue weighted by Crippen LogP contribution is 2.25. The van der Waals surface area contributed by atoms with Crippen molar-refractivity contribution in [1.29, 1.82) is 0 Å². The second kappa shape index (κ2) is 15.3. The Hall–Kier alpha value is -3.73. The summed E-state index contributed by atoms with van der Waals surface area (Å²) >= 11 is 0. The fourth-order valence-electron chi connectivity index (χ4n) is 3.99. The third-order valence-electron chi connectivity index (χ3n) is 5.92. The molecule has 2 unspecified atom stereocenters. The number of ether oxygens (including phenoxy) is 1. The fourth-order valence-corrected chi connectivity index (χ4v) is 3.99. The molecule has 0 aliphatic carbocycles. The monoisotopic (exact) mass is 482 g/mol. The number of carbonyl (C=O) groups excluding carboxylic acids is 1. The third-order valence-corrected chi connectivity index (χ3v) is 5.92. The molecule has 0 saturated carbocycles. The summed E-state index contributed by atoms with van der Waals surface area (Å²) in [6, 6.07) is 40.4. The predicted molar refractivity (Wildman–Crippen MR) is 150 cm³/mol. The Bertz CT molecular complexity index is 1120. The van der Waals surface area contributed by atoms with Crippen LogP contribution in [0.15, 0.2) is 121 Å². The minimum atomic E-state index is -1.16. The maximum absolute atomic E-state index is 12.1. The Kier molecular flexibility index (Phi) is 12.1. The van der Waals surface area contributed by atoms with Gasteiger partial charge in [0, 0.05) is 6.42 Å². The standard InChI is InChI=1S/C16H17NO2.C15H16.CH5N/c1-19-15(18)16(17,14-10-6-3-7-11-14)12-13-8-4-2-5-9-13;1-13(15-10-6-3-7-11-15)12-14-8-4-2-5-9-14;1-2/h2-11H,12,17H2,1H3;2-11,13H,12H2,1H3;2H2,1H3. The number of rotatable bonds is 7. The third kappa shape index (κ3) is 8.49. The average Bonchev–Trinajstić information content (AvgIpc) is 2.96. The average molecular weight is 483 g/mol. The molecule has 0 bridgehead atoms. The van der Waals surface area contributed by atoms with Crippen molar-refractivity contribution in [3.05, 3.63) is 144 Å².